The first-order chi connectivity index (χ1) is 15.7. The highest BCUT2D eigenvalue weighted by Gasteiger charge is 2.28. The van der Waals surface area contributed by atoms with Crippen LogP contribution in [0.15, 0.2) is 58.9 Å². The van der Waals surface area contributed by atoms with Gasteiger partial charge in [0.25, 0.3) is 0 Å². The van der Waals surface area contributed by atoms with E-state index < -0.39 is 0 Å². The van der Waals surface area contributed by atoms with Gasteiger partial charge in [0.1, 0.15) is 11.5 Å². The van der Waals surface area contributed by atoms with Crippen LogP contribution in [-0.4, -0.2) is 42.7 Å². The predicted molar refractivity (Wildman–Crippen MR) is 129 cm³/mol. The van der Waals surface area contributed by atoms with Crippen LogP contribution in [-0.2, 0) is 6.42 Å². The van der Waals surface area contributed by atoms with Gasteiger partial charge in [0, 0.05) is 30.8 Å². The van der Waals surface area contributed by atoms with Crippen molar-refractivity contribution < 1.29 is 9.47 Å². The SMILES string of the molecule is CCOc1cccc2c1CC1=C2CCN(CCCCOc2ccc3ccc(=O)[nH]c3c2)C1. The summed E-state index contributed by atoms with van der Waals surface area (Å²) in [6.07, 6.45) is 4.29. The Morgan fingerprint density at radius 3 is 2.88 bits per heavy atom. The van der Waals surface area contributed by atoms with Crippen LogP contribution in [0.4, 0.5) is 0 Å². The van der Waals surface area contributed by atoms with E-state index in [2.05, 4.69) is 28.1 Å². The van der Waals surface area contributed by atoms with Crippen molar-refractivity contribution in [3.05, 3.63) is 75.6 Å². The molecule has 5 rings (SSSR count). The number of nitrogens with one attached hydrogen (secondary N) is 1. The molecule has 1 N–H and O–H groups in total. The summed E-state index contributed by atoms with van der Waals surface area (Å²) in [5.41, 5.74) is 6.64. The Labute approximate surface area is 188 Å². The molecule has 0 saturated heterocycles. The number of aromatic nitrogens is 1. The summed E-state index contributed by atoms with van der Waals surface area (Å²) in [6, 6.07) is 15.7. The molecule has 0 amide bonds. The van der Waals surface area contributed by atoms with E-state index in [1.165, 1.54) is 11.1 Å². The van der Waals surface area contributed by atoms with Crippen LogP contribution in [0.2, 0.25) is 0 Å². The Kier molecular flexibility index (Phi) is 5.99. The lowest BCUT2D eigenvalue weighted by molar-refractivity contribution is 0.261. The van der Waals surface area contributed by atoms with E-state index >= 15 is 0 Å². The van der Waals surface area contributed by atoms with Crippen molar-refractivity contribution in [3.8, 4) is 11.5 Å². The van der Waals surface area contributed by atoms with Gasteiger partial charge in [-0.15, -0.1) is 0 Å². The minimum Gasteiger partial charge on any atom is -0.494 e. The molecule has 0 saturated carbocycles. The van der Waals surface area contributed by atoms with Gasteiger partial charge in [-0.3, -0.25) is 9.69 Å². The summed E-state index contributed by atoms with van der Waals surface area (Å²) in [6.45, 7) is 6.73. The van der Waals surface area contributed by atoms with Gasteiger partial charge in [-0.05, 0) is 85.5 Å². The zero-order valence-corrected chi connectivity index (χ0v) is 18.7. The van der Waals surface area contributed by atoms with Crippen LogP contribution in [0.25, 0.3) is 16.5 Å². The van der Waals surface area contributed by atoms with Crippen LogP contribution in [0.3, 0.4) is 0 Å². The standard InChI is InChI=1S/C27H30N2O3/c1-2-31-26-7-5-6-23-22-12-14-29(18-20(22)16-24(23)26)13-3-4-15-32-21-10-8-19-9-11-27(30)28-25(19)17-21/h5-11,17H,2-4,12-16,18H2,1H3,(H,28,30). The first-order valence-electron chi connectivity index (χ1n) is 11.7. The molecular weight excluding hydrogens is 400 g/mol. The molecule has 0 spiro atoms. The number of rotatable bonds is 8. The summed E-state index contributed by atoms with van der Waals surface area (Å²) >= 11 is 0. The maximum Gasteiger partial charge on any atom is 0.248 e. The zero-order chi connectivity index (χ0) is 21.9. The molecule has 3 aromatic rings. The van der Waals surface area contributed by atoms with Gasteiger partial charge in [-0.25, -0.2) is 0 Å². The number of pyridine rings is 1. The first kappa shape index (κ1) is 20.8. The Morgan fingerprint density at radius 2 is 1.97 bits per heavy atom. The fraction of sp³-hybridized carbons (Fsp3) is 0.370. The molecule has 5 heteroatoms. The van der Waals surface area contributed by atoms with E-state index in [0.29, 0.717) is 13.2 Å². The van der Waals surface area contributed by atoms with E-state index in [-0.39, 0.29) is 5.56 Å². The van der Waals surface area contributed by atoms with Crippen molar-refractivity contribution >= 4 is 16.5 Å². The molecule has 2 aliphatic rings. The van der Waals surface area contributed by atoms with Crippen LogP contribution < -0.4 is 15.0 Å². The average molecular weight is 431 g/mol. The maximum atomic E-state index is 11.5. The van der Waals surface area contributed by atoms with E-state index in [1.807, 2.05) is 31.2 Å². The Balaban J connectivity index is 1.10. The lowest BCUT2D eigenvalue weighted by atomic mass is 9.99. The summed E-state index contributed by atoms with van der Waals surface area (Å²) < 4.78 is 11.8. The number of nitrogens with zero attached hydrogens (tertiary/aromatic N) is 1. The third-order valence-corrected chi connectivity index (χ3v) is 6.50. The molecular formula is C27H30N2O3. The summed E-state index contributed by atoms with van der Waals surface area (Å²) in [7, 11) is 0. The molecule has 1 aliphatic heterocycles. The molecule has 0 unspecified atom stereocenters. The first-order valence-corrected chi connectivity index (χ1v) is 11.7. The molecule has 5 nitrogen and oxygen atoms in total. The summed E-state index contributed by atoms with van der Waals surface area (Å²) in [5, 5.41) is 1.01. The van der Waals surface area contributed by atoms with Crippen molar-refractivity contribution in [2.24, 2.45) is 0 Å². The number of unbranched alkanes of at least 4 members (excludes halogenated alkanes) is 1. The zero-order valence-electron chi connectivity index (χ0n) is 18.7. The molecule has 0 fully saturated rings. The van der Waals surface area contributed by atoms with Gasteiger partial charge in [0.2, 0.25) is 5.56 Å². The lowest BCUT2D eigenvalue weighted by Gasteiger charge is -2.28. The molecule has 166 valence electrons. The van der Waals surface area contributed by atoms with Crippen molar-refractivity contribution in [3.63, 3.8) is 0 Å². The van der Waals surface area contributed by atoms with Gasteiger partial charge in [-0.2, -0.15) is 0 Å². The second kappa shape index (κ2) is 9.21. The largest absolute Gasteiger partial charge is 0.494 e. The number of ether oxygens (including phenoxy) is 2. The number of fused-ring (bicyclic) bond motifs is 3. The van der Waals surface area contributed by atoms with Gasteiger partial charge in [0.15, 0.2) is 0 Å². The number of H-pyrrole nitrogens is 1. The lowest BCUT2D eigenvalue weighted by Crippen LogP contribution is -2.32. The highest BCUT2D eigenvalue weighted by Crippen LogP contribution is 2.41. The van der Waals surface area contributed by atoms with Crippen molar-refractivity contribution in [1.82, 2.24) is 9.88 Å². The van der Waals surface area contributed by atoms with Crippen molar-refractivity contribution in [2.75, 3.05) is 32.8 Å². The average Bonchev–Trinajstić information content (AvgIpc) is 3.17. The van der Waals surface area contributed by atoms with Crippen LogP contribution >= 0.6 is 0 Å². The van der Waals surface area contributed by atoms with Gasteiger partial charge < -0.3 is 14.5 Å². The Morgan fingerprint density at radius 1 is 1.06 bits per heavy atom. The number of hydrogen-bond donors (Lipinski definition) is 1. The van der Waals surface area contributed by atoms with E-state index in [0.717, 1.165) is 67.7 Å². The third-order valence-electron chi connectivity index (χ3n) is 6.50. The van der Waals surface area contributed by atoms with E-state index in [1.54, 1.807) is 17.2 Å². The van der Waals surface area contributed by atoms with Crippen LogP contribution in [0, 0.1) is 0 Å². The fourth-order valence-corrected chi connectivity index (χ4v) is 4.95. The monoisotopic (exact) mass is 430 g/mol. The second-order valence-corrected chi connectivity index (χ2v) is 8.63. The van der Waals surface area contributed by atoms with Gasteiger partial charge in [0.05, 0.1) is 18.7 Å². The number of hydrogen-bond acceptors (Lipinski definition) is 4. The highest BCUT2D eigenvalue weighted by atomic mass is 16.5. The quantitative estimate of drug-likeness (QED) is 0.522. The van der Waals surface area contributed by atoms with E-state index in [9.17, 15) is 4.79 Å². The van der Waals surface area contributed by atoms with Crippen LogP contribution in [0.5, 0.6) is 11.5 Å². The van der Waals surface area contributed by atoms with Crippen LogP contribution in [0.1, 0.15) is 37.3 Å². The second-order valence-electron chi connectivity index (χ2n) is 8.63. The van der Waals surface area contributed by atoms with E-state index in [4.69, 9.17) is 9.47 Å². The Hall–Kier alpha value is -3.05. The number of benzene rings is 2. The topological polar surface area (TPSA) is 54.6 Å². The van der Waals surface area contributed by atoms with Gasteiger partial charge >= 0.3 is 0 Å². The molecule has 0 bridgehead atoms. The molecule has 0 radical (unpaired) electrons. The maximum absolute atomic E-state index is 11.5. The number of aromatic amines is 1. The van der Waals surface area contributed by atoms with Crippen molar-refractivity contribution in [1.29, 1.82) is 0 Å². The molecule has 2 aromatic carbocycles. The normalized spacial score (nSPS) is 15.7. The predicted octanol–water partition coefficient (Wildman–Crippen LogP) is 4.80. The summed E-state index contributed by atoms with van der Waals surface area (Å²) in [4.78, 5) is 16.9. The van der Waals surface area contributed by atoms with Crippen molar-refractivity contribution in [2.45, 2.75) is 32.6 Å². The molecule has 2 heterocycles. The fourth-order valence-electron chi connectivity index (χ4n) is 4.95. The summed E-state index contributed by atoms with van der Waals surface area (Å²) in [5.74, 6) is 1.86. The highest BCUT2D eigenvalue weighted by molar-refractivity contribution is 5.80. The Bertz CT molecular complexity index is 1210. The molecule has 1 aliphatic carbocycles. The molecule has 32 heavy (non-hydrogen) atoms. The minimum absolute atomic E-state index is 0.0890. The smallest absolute Gasteiger partial charge is 0.248 e. The van der Waals surface area contributed by atoms with Gasteiger partial charge in [-0.1, -0.05) is 12.1 Å². The minimum atomic E-state index is -0.0890. The molecule has 1 aromatic heterocycles. The third kappa shape index (κ3) is 4.30. The molecule has 0 atom stereocenters.